The maximum atomic E-state index is 12.2. The maximum absolute atomic E-state index is 12.2. The summed E-state index contributed by atoms with van der Waals surface area (Å²) in [6.45, 7) is 1.14. The Bertz CT molecular complexity index is 992. The number of carbonyl (C=O) groups excluding carboxylic acids is 2. The van der Waals surface area contributed by atoms with Gasteiger partial charge in [-0.1, -0.05) is 55.0 Å². The quantitative estimate of drug-likeness (QED) is 0.455. The Hall–Kier alpha value is -3.35. The number of unbranched alkanes of at least 4 members (excludes halogenated alkanes) is 1. The average molecular weight is 465 g/mol. The zero-order valence-corrected chi connectivity index (χ0v) is 19.3. The Labute approximate surface area is 199 Å². The first kappa shape index (κ1) is 23.8. The molecule has 2 aromatic carbocycles. The van der Waals surface area contributed by atoms with Crippen molar-refractivity contribution in [3.05, 3.63) is 59.7 Å². The van der Waals surface area contributed by atoms with Gasteiger partial charge in [-0.05, 0) is 53.9 Å². The normalized spacial score (nSPS) is 18.7. The molecule has 3 N–H and O–H groups in total. The van der Waals surface area contributed by atoms with Gasteiger partial charge in [0.15, 0.2) is 0 Å². The van der Waals surface area contributed by atoms with Crippen LogP contribution in [0.25, 0.3) is 11.1 Å². The van der Waals surface area contributed by atoms with Crippen LogP contribution in [-0.2, 0) is 14.3 Å². The maximum Gasteiger partial charge on any atom is 0.407 e. The number of aliphatic carboxylic acids is 1. The van der Waals surface area contributed by atoms with Gasteiger partial charge in [0.25, 0.3) is 0 Å². The van der Waals surface area contributed by atoms with E-state index in [0.29, 0.717) is 38.8 Å². The number of benzene rings is 2. The third-order valence-electron chi connectivity index (χ3n) is 6.98. The summed E-state index contributed by atoms with van der Waals surface area (Å²) in [7, 11) is 0. The van der Waals surface area contributed by atoms with Crippen molar-refractivity contribution in [2.75, 3.05) is 19.7 Å². The van der Waals surface area contributed by atoms with E-state index in [1.807, 2.05) is 24.3 Å². The third kappa shape index (κ3) is 5.58. The van der Waals surface area contributed by atoms with Crippen molar-refractivity contribution < 1.29 is 24.2 Å². The molecule has 2 aliphatic rings. The van der Waals surface area contributed by atoms with E-state index in [9.17, 15) is 19.5 Å². The van der Waals surface area contributed by atoms with Gasteiger partial charge in [-0.2, -0.15) is 0 Å². The predicted molar refractivity (Wildman–Crippen MR) is 128 cm³/mol. The number of carboxylic acids is 1. The van der Waals surface area contributed by atoms with E-state index in [1.165, 1.54) is 22.3 Å². The molecule has 2 aromatic rings. The van der Waals surface area contributed by atoms with Crippen molar-refractivity contribution in [2.45, 2.75) is 44.4 Å². The van der Waals surface area contributed by atoms with E-state index in [0.717, 1.165) is 12.8 Å². The Balaban J connectivity index is 1.12. The molecule has 4 rings (SSSR count). The van der Waals surface area contributed by atoms with Crippen LogP contribution in [0, 0.1) is 11.8 Å². The van der Waals surface area contributed by atoms with Gasteiger partial charge in [0.2, 0.25) is 5.91 Å². The zero-order chi connectivity index (χ0) is 23.9. The molecule has 7 nitrogen and oxygen atoms in total. The van der Waals surface area contributed by atoms with E-state index in [4.69, 9.17) is 4.74 Å². The van der Waals surface area contributed by atoms with Crippen molar-refractivity contribution in [2.24, 2.45) is 11.8 Å². The number of carboxylic acid groups (broad SMARTS) is 1. The highest BCUT2D eigenvalue weighted by Gasteiger charge is 2.33. The molecule has 0 aliphatic heterocycles. The van der Waals surface area contributed by atoms with Gasteiger partial charge in [-0.25, -0.2) is 4.79 Å². The molecule has 0 heterocycles. The van der Waals surface area contributed by atoms with Gasteiger partial charge < -0.3 is 20.5 Å². The number of amides is 2. The predicted octanol–water partition coefficient (Wildman–Crippen LogP) is 4.31. The Morgan fingerprint density at radius 1 is 0.912 bits per heavy atom. The smallest absolute Gasteiger partial charge is 0.407 e. The molecule has 2 unspecified atom stereocenters. The number of nitrogens with one attached hydrogen (secondary N) is 2. The fourth-order valence-electron chi connectivity index (χ4n) is 5.19. The molecule has 0 aromatic heterocycles. The molecule has 2 atom stereocenters. The molecule has 0 saturated heterocycles. The van der Waals surface area contributed by atoms with Crippen molar-refractivity contribution in [1.29, 1.82) is 0 Å². The minimum atomic E-state index is -0.768. The van der Waals surface area contributed by atoms with Crippen LogP contribution in [0.5, 0.6) is 0 Å². The van der Waals surface area contributed by atoms with E-state index < -0.39 is 12.1 Å². The topological polar surface area (TPSA) is 105 Å². The minimum Gasteiger partial charge on any atom is -0.481 e. The molecule has 0 radical (unpaired) electrons. The number of carbonyl (C=O) groups is 3. The molecule has 2 aliphatic carbocycles. The molecular weight excluding hydrogens is 432 g/mol. The van der Waals surface area contributed by atoms with Crippen molar-refractivity contribution in [3.8, 4) is 11.1 Å². The molecule has 7 heteroatoms. The van der Waals surface area contributed by atoms with Crippen LogP contribution in [0.15, 0.2) is 48.5 Å². The lowest BCUT2D eigenvalue weighted by atomic mass is 9.96. The average Bonchev–Trinajstić information content (AvgIpc) is 3.44. The Morgan fingerprint density at radius 3 is 2.26 bits per heavy atom. The number of hydrogen-bond acceptors (Lipinski definition) is 4. The van der Waals surface area contributed by atoms with Crippen LogP contribution in [0.1, 0.15) is 55.6 Å². The summed E-state index contributed by atoms with van der Waals surface area (Å²) in [6, 6.07) is 16.4. The monoisotopic (exact) mass is 464 g/mol. The van der Waals surface area contributed by atoms with Gasteiger partial charge in [-0.3, -0.25) is 9.59 Å². The Kier molecular flexibility index (Phi) is 7.83. The number of fused-ring (bicyclic) bond motifs is 3. The SMILES string of the molecule is O=C(CCCCNC(=O)OCC1c2ccccc2-c2ccccc21)NCC1CCCC1C(=O)O. The van der Waals surface area contributed by atoms with E-state index in [1.54, 1.807) is 0 Å². The second-order valence-corrected chi connectivity index (χ2v) is 9.15. The molecule has 0 spiro atoms. The number of alkyl carbamates (subject to hydrolysis) is 1. The molecule has 2 amide bonds. The molecule has 1 saturated carbocycles. The summed E-state index contributed by atoms with van der Waals surface area (Å²) in [4.78, 5) is 35.5. The van der Waals surface area contributed by atoms with Gasteiger partial charge >= 0.3 is 12.1 Å². The van der Waals surface area contributed by atoms with Gasteiger partial charge in [-0.15, -0.1) is 0 Å². The lowest BCUT2D eigenvalue weighted by Crippen LogP contribution is -2.33. The van der Waals surface area contributed by atoms with Crippen LogP contribution < -0.4 is 10.6 Å². The van der Waals surface area contributed by atoms with Crippen molar-refractivity contribution >= 4 is 18.0 Å². The van der Waals surface area contributed by atoms with Crippen LogP contribution in [0.4, 0.5) is 4.79 Å². The summed E-state index contributed by atoms with van der Waals surface area (Å²) in [5, 5.41) is 14.9. The fourth-order valence-corrected chi connectivity index (χ4v) is 5.19. The van der Waals surface area contributed by atoms with E-state index in [2.05, 4.69) is 34.9 Å². The molecular formula is C27H32N2O5. The van der Waals surface area contributed by atoms with E-state index in [-0.39, 0.29) is 30.3 Å². The van der Waals surface area contributed by atoms with Crippen LogP contribution in [0.3, 0.4) is 0 Å². The number of hydrogen-bond donors (Lipinski definition) is 3. The zero-order valence-electron chi connectivity index (χ0n) is 19.3. The van der Waals surface area contributed by atoms with Crippen LogP contribution in [0.2, 0.25) is 0 Å². The fraction of sp³-hybridized carbons (Fsp3) is 0.444. The summed E-state index contributed by atoms with van der Waals surface area (Å²) < 4.78 is 5.51. The third-order valence-corrected chi connectivity index (χ3v) is 6.98. The first-order valence-corrected chi connectivity index (χ1v) is 12.1. The first-order valence-electron chi connectivity index (χ1n) is 12.1. The second kappa shape index (κ2) is 11.2. The van der Waals surface area contributed by atoms with Gasteiger partial charge in [0, 0.05) is 25.4 Å². The van der Waals surface area contributed by atoms with Crippen molar-refractivity contribution in [1.82, 2.24) is 10.6 Å². The Morgan fingerprint density at radius 2 is 1.59 bits per heavy atom. The largest absolute Gasteiger partial charge is 0.481 e. The summed E-state index contributed by atoms with van der Waals surface area (Å²) in [5.41, 5.74) is 4.73. The molecule has 34 heavy (non-hydrogen) atoms. The van der Waals surface area contributed by atoms with E-state index >= 15 is 0 Å². The lowest BCUT2D eigenvalue weighted by molar-refractivity contribution is -0.143. The second-order valence-electron chi connectivity index (χ2n) is 9.15. The lowest BCUT2D eigenvalue weighted by Gasteiger charge is -2.16. The van der Waals surface area contributed by atoms with Gasteiger partial charge in [0.1, 0.15) is 6.61 Å². The summed E-state index contributed by atoms with van der Waals surface area (Å²) in [6.07, 6.45) is 3.66. The summed E-state index contributed by atoms with van der Waals surface area (Å²) in [5.74, 6) is -1.13. The molecule has 180 valence electrons. The van der Waals surface area contributed by atoms with Crippen LogP contribution in [-0.4, -0.2) is 42.8 Å². The highest BCUT2D eigenvalue weighted by Crippen LogP contribution is 2.44. The van der Waals surface area contributed by atoms with Crippen molar-refractivity contribution in [3.63, 3.8) is 0 Å². The van der Waals surface area contributed by atoms with Crippen LogP contribution >= 0.6 is 0 Å². The number of rotatable bonds is 10. The molecule has 0 bridgehead atoms. The highest BCUT2D eigenvalue weighted by molar-refractivity contribution is 5.79. The molecule has 1 fully saturated rings. The minimum absolute atomic E-state index is 0.0247. The summed E-state index contributed by atoms with van der Waals surface area (Å²) >= 11 is 0. The standard InChI is InChI=1S/C27H32N2O5/c30-25(29-16-18-8-7-13-19(18)26(31)32)14-5-6-15-28-27(33)34-17-24-22-11-3-1-9-20(22)21-10-2-4-12-23(21)24/h1-4,9-12,18-19,24H,5-8,13-17H2,(H,28,33)(H,29,30)(H,31,32). The number of ether oxygens (including phenoxy) is 1. The highest BCUT2D eigenvalue weighted by atomic mass is 16.5. The van der Waals surface area contributed by atoms with Gasteiger partial charge in [0.05, 0.1) is 5.92 Å². The first-order chi connectivity index (χ1) is 16.5.